The molecule has 0 aromatic heterocycles. The number of aliphatic hydroxyl groups excluding tert-OH is 1. The number of carbonyl (C=O) groups excluding carboxylic acids is 1. The van der Waals surface area contributed by atoms with E-state index >= 15 is 0 Å². The van der Waals surface area contributed by atoms with Gasteiger partial charge in [-0.1, -0.05) is 190 Å². The van der Waals surface area contributed by atoms with Crippen molar-refractivity contribution in [2.45, 2.75) is 206 Å². The fraction of sp³-hybridized carbons (Fsp3) is 0.776. The molecule has 0 radical (unpaired) electrons. The van der Waals surface area contributed by atoms with Gasteiger partial charge in [0.25, 0.3) is 7.82 Å². The molecule has 58 heavy (non-hydrogen) atoms. The molecule has 2 N–H and O–H groups in total. The summed E-state index contributed by atoms with van der Waals surface area (Å²) in [5, 5.41) is 13.8. The number of nitrogens with one attached hydrogen (secondary N) is 1. The zero-order valence-corrected chi connectivity index (χ0v) is 39.1. The number of carbonyl (C=O) groups is 1. The maximum Gasteiger partial charge on any atom is 0.268 e. The van der Waals surface area contributed by atoms with Gasteiger partial charge in [-0.3, -0.25) is 9.36 Å². The highest BCUT2D eigenvalue weighted by Gasteiger charge is 2.23. The van der Waals surface area contributed by atoms with Crippen LogP contribution in [0.25, 0.3) is 0 Å². The largest absolute Gasteiger partial charge is 0.756 e. The van der Waals surface area contributed by atoms with Gasteiger partial charge < -0.3 is 28.8 Å². The molecule has 0 aliphatic heterocycles. The van der Waals surface area contributed by atoms with Gasteiger partial charge in [0.05, 0.1) is 39.9 Å². The Morgan fingerprint density at radius 2 is 1.05 bits per heavy atom. The minimum absolute atomic E-state index is 0.00400. The molecule has 8 nitrogen and oxygen atoms in total. The summed E-state index contributed by atoms with van der Waals surface area (Å²) in [5.41, 5.74) is 0. The standard InChI is InChI=1S/C49H91N2O6P/c1-6-8-10-12-14-16-18-20-21-22-23-24-25-26-27-28-29-31-33-35-37-39-41-43-49(53)50-47(46-57-58(54,55)56-45-44-51(3,4)5)48(52)42-40-38-36-34-32-30-19-17-15-13-11-9-7-2/h8,10,14,16,20-21,23-24,40,42,47-48,52H,6-7,9,11-13,15,17-19,22,25-39,41,43-46H2,1-5H3,(H-,50,53,54,55)/b10-8-,16-14-,21-20-,24-23-,42-40+. The van der Waals surface area contributed by atoms with Gasteiger partial charge in [0.15, 0.2) is 0 Å². The van der Waals surface area contributed by atoms with E-state index in [1.54, 1.807) is 6.08 Å². The number of phosphoric ester groups is 1. The number of rotatable bonds is 42. The molecule has 0 saturated heterocycles. The molecule has 3 unspecified atom stereocenters. The Morgan fingerprint density at radius 1 is 0.621 bits per heavy atom. The molecule has 0 heterocycles. The van der Waals surface area contributed by atoms with Gasteiger partial charge in [0.2, 0.25) is 5.91 Å². The number of amides is 1. The lowest BCUT2D eigenvalue weighted by Gasteiger charge is -2.29. The number of unbranched alkanes of at least 4 members (excludes halogenated alkanes) is 21. The fourth-order valence-corrected chi connectivity index (χ4v) is 7.22. The smallest absolute Gasteiger partial charge is 0.268 e. The van der Waals surface area contributed by atoms with E-state index in [0.29, 0.717) is 17.4 Å². The molecule has 3 atom stereocenters. The minimum Gasteiger partial charge on any atom is -0.756 e. The summed E-state index contributed by atoms with van der Waals surface area (Å²) < 4.78 is 23.2. The molecule has 0 fully saturated rings. The number of nitrogens with zero attached hydrogens (tertiary/aromatic N) is 1. The van der Waals surface area contributed by atoms with Crippen molar-refractivity contribution < 1.29 is 32.9 Å². The van der Waals surface area contributed by atoms with Gasteiger partial charge in [-0.25, -0.2) is 0 Å². The van der Waals surface area contributed by atoms with Crippen molar-refractivity contribution in [3.05, 3.63) is 60.8 Å². The van der Waals surface area contributed by atoms with Crippen molar-refractivity contribution in [2.24, 2.45) is 0 Å². The van der Waals surface area contributed by atoms with Crippen LogP contribution in [0, 0.1) is 0 Å². The molecule has 0 bridgehead atoms. The first-order chi connectivity index (χ1) is 28.0. The van der Waals surface area contributed by atoms with Crippen LogP contribution < -0.4 is 10.2 Å². The van der Waals surface area contributed by atoms with Crippen LogP contribution in [0.15, 0.2) is 60.8 Å². The van der Waals surface area contributed by atoms with E-state index in [4.69, 9.17) is 9.05 Å². The summed E-state index contributed by atoms with van der Waals surface area (Å²) in [6.07, 6.45) is 52.6. The van der Waals surface area contributed by atoms with Crippen molar-refractivity contribution in [1.29, 1.82) is 0 Å². The molecular formula is C49H91N2O6P. The van der Waals surface area contributed by atoms with Crippen molar-refractivity contribution in [3.63, 3.8) is 0 Å². The van der Waals surface area contributed by atoms with E-state index < -0.39 is 20.0 Å². The van der Waals surface area contributed by atoms with Crippen LogP contribution in [0.4, 0.5) is 0 Å². The zero-order chi connectivity index (χ0) is 42.8. The third-order valence-corrected chi connectivity index (χ3v) is 11.2. The number of quaternary nitrogens is 1. The second-order valence-corrected chi connectivity index (χ2v) is 18.5. The van der Waals surface area contributed by atoms with E-state index in [9.17, 15) is 19.4 Å². The number of aliphatic hydroxyl groups is 1. The predicted octanol–water partition coefficient (Wildman–Crippen LogP) is 12.8. The topological polar surface area (TPSA) is 108 Å². The van der Waals surface area contributed by atoms with E-state index in [0.717, 1.165) is 64.2 Å². The summed E-state index contributed by atoms with van der Waals surface area (Å²) in [6, 6.07) is -0.890. The third-order valence-electron chi connectivity index (χ3n) is 10.2. The average molecular weight is 835 g/mol. The number of likely N-dealkylation sites (N-methyl/N-ethyl adjacent to an activating group) is 1. The monoisotopic (exact) mass is 835 g/mol. The first-order valence-electron chi connectivity index (χ1n) is 23.7. The van der Waals surface area contributed by atoms with Crippen LogP contribution in [-0.4, -0.2) is 68.5 Å². The van der Waals surface area contributed by atoms with Gasteiger partial charge >= 0.3 is 0 Å². The van der Waals surface area contributed by atoms with E-state index in [1.165, 1.54) is 109 Å². The quantitative estimate of drug-likeness (QED) is 0.0274. The molecule has 0 aliphatic carbocycles. The van der Waals surface area contributed by atoms with Crippen LogP contribution in [0.2, 0.25) is 0 Å². The Morgan fingerprint density at radius 3 is 1.53 bits per heavy atom. The van der Waals surface area contributed by atoms with Gasteiger partial charge in [-0.05, 0) is 57.8 Å². The Labute approximate surface area is 358 Å². The third kappa shape index (κ3) is 42.3. The number of phosphoric acid groups is 1. The molecule has 0 aromatic rings. The second kappa shape index (κ2) is 40.6. The molecule has 0 spiro atoms. The van der Waals surface area contributed by atoms with E-state index in [2.05, 4.69) is 67.8 Å². The molecule has 0 rings (SSSR count). The summed E-state index contributed by atoms with van der Waals surface area (Å²) >= 11 is 0. The number of allylic oxidation sites excluding steroid dienone is 9. The highest BCUT2D eigenvalue weighted by Crippen LogP contribution is 2.38. The molecule has 338 valence electrons. The summed E-state index contributed by atoms with van der Waals surface area (Å²) in [6.45, 7) is 4.52. The molecule has 0 saturated carbocycles. The molecule has 1 amide bonds. The van der Waals surface area contributed by atoms with E-state index in [-0.39, 0.29) is 19.1 Å². The molecule has 0 aromatic carbocycles. The van der Waals surface area contributed by atoms with Crippen molar-refractivity contribution in [2.75, 3.05) is 40.9 Å². The lowest BCUT2D eigenvalue weighted by atomic mass is 10.0. The molecule has 9 heteroatoms. The van der Waals surface area contributed by atoms with Gasteiger partial charge in [-0.15, -0.1) is 0 Å². The highest BCUT2D eigenvalue weighted by molar-refractivity contribution is 7.45. The zero-order valence-electron chi connectivity index (χ0n) is 38.2. The maximum absolute atomic E-state index is 12.9. The second-order valence-electron chi connectivity index (χ2n) is 17.1. The van der Waals surface area contributed by atoms with E-state index in [1.807, 2.05) is 27.2 Å². The normalized spacial score (nSPS) is 14.8. The van der Waals surface area contributed by atoms with Crippen LogP contribution >= 0.6 is 7.82 Å². The molecular weight excluding hydrogens is 744 g/mol. The van der Waals surface area contributed by atoms with Crippen molar-refractivity contribution >= 4 is 13.7 Å². The number of hydrogen-bond donors (Lipinski definition) is 2. The van der Waals surface area contributed by atoms with Crippen LogP contribution in [0.5, 0.6) is 0 Å². The summed E-state index contributed by atoms with van der Waals surface area (Å²) in [4.78, 5) is 25.3. The lowest BCUT2D eigenvalue weighted by molar-refractivity contribution is -0.870. The van der Waals surface area contributed by atoms with Gasteiger partial charge in [-0.2, -0.15) is 0 Å². The fourth-order valence-electron chi connectivity index (χ4n) is 6.50. The lowest BCUT2D eigenvalue weighted by Crippen LogP contribution is -2.45. The first kappa shape index (κ1) is 56.2. The first-order valence-corrected chi connectivity index (χ1v) is 25.1. The van der Waals surface area contributed by atoms with Crippen molar-refractivity contribution in [1.82, 2.24) is 5.32 Å². The SMILES string of the molecule is CC/C=C\C/C=C\C/C=C\C/C=C\CCCCCCCCCCCCC(=O)NC(COP(=O)([O-])OCC[N+](C)(C)C)C(O)/C=C/CCCCCCCCCCCCC. The Balaban J connectivity index is 4.31. The van der Waals surface area contributed by atoms with Crippen LogP contribution in [0.3, 0.4) is 0 Å². The Bertz CT molecular complexity index is 1130. The van der Waals surface area contributed by atoms with Gasteiger partial charge in [0.1, 0.15) is 13.2 Å². The van der Waals surface area contributed by atoms with Crippen LogP contribution in [0.1, 0.15) is 194 Å². The number of hydrogen-bond acceptors (Lipinski definition) is 6. The Kier molecular flexibility index (Phi) is 39.3. The highest BCUT2D eigenvalue weighted by atomic mass is 31.2. The maximum atomic E-state index is 12.9. The van der Waals surface area contributed by atoms with Gasteiger partial charge in [0, 0.05) is 6.42 Å². The summed E-state index contributed by atoms with van der Waals surface area (Å²) in [5.74, 6) is -0.205. The van der Waals surface area contributed by atoms with Crippen LogP contribution in [-0.2, 0) is 18.4 Å². The average Bonchev–Trinajstić information content (AvgIpc) is 3.17. The summed E-state index contributed by atoms with van der Waals surface area (Å²) in [7, 11) is 1.25. The minimum atomic E-state index is -4.59. The Hall–Kier alpha value is -1.80. The predicted molar refractivity (Wildman–Crippen MR) is 247 cm³/mol. The van der Waals surface area contributed by atoms with Crippen molar-refractivity contribution in [3.8, 4) is 0 Å². The molecule has 0 aliphatic rings.